The number of carboxylic acid groups (broad SMARTS) is 1. The van der Waals surface area contributed by atoms with Gasteiger partial charge in [0.2, 0.25) is 5.91 Å². The lowest BCUT2D eigenvalue weighted by Crippen LogP contribution is -2.44. The van der Waals surface area contributed by atoms with Gasteiger partial charge in [0.1, 0.15) is 0 Å². The standard InChI is InChI=1S/C17H24N2O5S/c1-13-5-7-14(8-6-13)25(23,24)19-18-15(20)11-17(12-16(21)22)9-3-2-4-10-17/h5-8,19H,2-4,9-12H2,1H3,(H,18,20)(H,21,22). The largest absolute Gasteiger partial charge is 0.481 e. The number of hydrogen-bond acceptors (Lipinski definition) is 4. The molecular formula is C17H24N2O5S. The minimum atomic E-state index is -3.85. The lowest BCUT2D eigenvalue weighted by molar-refractivity contribution is -0.141. The summed E-state index contributed by atoms with van der Waals surface area (Å²) in [7, 11) is -3.85. The van der Waals surface area contributed by atoms with E-state index in [-0.39, 0.29) is 17.7 Å². The molecule has 2 rings (SSSR count). The maximum atomic E-state index is 12.2. The lowest BCUT2D eigenvalue weighted by atomic mass is 9.69. The van der Waals surface area contributed by atoms with Gasteiger partial charge in [0.15, 0.2) is 0 Å². The Labute approximate surface area is 147 Å². The number of hydrazine groups is 1. The van der Waals surface area contributed by atoms with Gasteiger partial charge in [-0.05, 0) is 37.3 Å². The highest BCUT2D eigenvalue weighted by Crippen LogP contribution is 2.42. The second-order valence-electron chi connectivity index (χ2n) is 6.77. The molecule has 1 aliphatic rings. The Morgan fingerprint density at radius 2 is 1.68 bits per heavy atom. The van der Waals surface area contributed by atoms with Crippen LogP contribution in [0.3, 0.4) is 0 Å². The molecule has 1 aromatic carbocycles. The van der Waals surface area contributed by atoms with Crippen LogP contribution in [0.4, 0.5) is 0 Å². The van der Waals surface area contributed by atoms with Gasteiger partial charge in [0, 0.05) is 6.42 Å². The van der Waals surface area contributed by atoms with Crippen molar-refractivity contribution in [3.8, 4) is 0 Å². The molecule has 7 nitrogen and oxygen atoms in total. The maximum absolute atomic E-state index is 12.2. The first kappa shape index (κ1) is 19.4. The monoisotopic (exact) mass is 368 g/mol. The minimum Gasteiger partial charge on any atom is -0.481 e. The molecule has 0 atom stereocenters. The fourth-order valence-electron chi connectivity index (χ4n) is 3.32. The molecule has 1 fully saturated rings. The van der Waals surface area contributed by atoms with E-state index in [1.807, 2.05) is 6.92 Å². The van der Waals surface area contributed by atoms with Crippen molar-refractivity contribution in [2.75, 3.05) is 0 Å². The van der Waals surface area contributed by atoms with Gasteiger partial charge in [-0.15, -0.1) is 4.83 Å². The van der Waals surface area contributed by atoms with Gasteiger partial charge in [0.05, 0.1) is 11.3 Å². The van der Waals surface area contributed by atoms with Gasteiger partial charge in [-0.3, -0.25) is 15.0 Å². The van der Waals surface area contributed by atoms with Crippen LogP contribution in [0.25, 0.3) is 0 Å². The van der Waals surface area contributed by atoms with E-state index in [1.54, 1.807) is 12.1 Å². The van der Waals surface area contributed by atoms with E-state index in [0.29, 0.717) is 12.8 Å². The molecule has 8 heteroatoms. The van der Waals surface area contributed by atoms with Crippen molar-refractivity contribution in [3.63, 3.8) is 0 Å². The Morgan fingerprint density at radius 1 is 1.08 bits per heavy atom. The molecule has 25 heavy (non-hydrogen) atoms. The van der Waals surface area contributed by atoms with Crippen molar-refractivity contribution in [2.24, 2.45) is 5.41 Å². The van der Waals surface area contributed by atoms with E-state index in [1.165, 1.54) is 12.1 Å². The first-order valence-electron chi connectivity index (χ1n) is 8.32. The van der Waals surface area contributed by atoms with Crippen LogP contribution >= 0.6 is 0 Å². The molecular weight excluding hydrogens is 344 g/mol. The third-order valence-electron chi connectivity index (χ3n) is 4.63. The van der Waals surface area contributed by atoms with Crippen LogP contribution in [-0.4, -0.2) is 25.4 Å². The van der Waals surface area contributed by atoms with Gasteiger partial charge in [-0.25, -0.2) is 8.42 Å². The molecule has 0 aliphatic heterocycles. The van der Waals surface area contributed by atoms with E-state index in [9.17, 15) is 18.0 Å². The molecule has 0 saturated heterocycles. The van der Waals surface area contributed by atoms with Crippen LogP contribution in [0.5, 0.6) is 0 Å². The summed E-state index contributed by atoms with van der Waals surface area (Å²) < 4.78 is 24.4. The number of carbonyl (C=O) groups excluding carboxylic acids is 1. The predicted octanol–water partition coefficient (Wildman–Crippen LogP) is 2.12. The quantitative estimate of drug-likeness (QED) is 0.638. The van der Waals surface area contributed by atoms with E-state index < -0.39 is 27.3 Å². The number of rotatable bonds is 7. The Balaban J connectivity index is 1.98. The zero-order valence-corrected chi connectivity index (χ0v) is 15.1. The van der Waals surface area contributed by atoms with Crippen molar-refractivity contribution in [1.82, 2.24) is 10.3 Å². The normalized spacial score (nSPS) is 17.0. The Morgan fingerprint density at radius 3 is 2.24 bits per heavy atom. The van der Waals surface area contributed by atoms with Crippen LogP contribution in [-0.2, 0) is 19.6 Å². The summed E-state index contributed by atoms with van der Waals surface area (Å²) in [5, 5.41) is 9.13. The van der Waals surface area contributed by atoms with Crippen LogP contribution in [0.1, 0.15) is 50.5 Å². The third kappa shape index (κ3) is 5.54. The zero-order valence-electron chi connectivity index (χ0n) is 14.2. The summed E-state index contributed by atoms with van der Waals surface area (Å²) in [6, 6.07) is 6.24. The topological polar surface area (TPSA) is 113 Å². The number of amides is 1. The lowest BCUT2D eigenvalue weighted by Gasteiger charge is -2.35. The summed E-state index contributed by atoms with van der Waals surface area (Å²) in [4.78, 5) is 25.5. The third-order valence-corrected chi connectivity index (χ3v) is 5.90. The first-order chi connectivity index (χ1) is 11.7. The molecule has 3 N–H and O–H groups in total. The molecule has 0 spiro atoms. The summed E-state index contributed by atoms with van der Waals surface area (Å²) in [6.45, 7) is 1.84. The van der Waals surface area contributed by atoms with Crippen molar-refractivity contribution < 1.29 is 23.1 Å². The van der Waals surface area contributed by atoms with Crippen molar-refractivity contribution in [1.29, 1.82) is 0 Å². The number of aryl methyl sites for hydroxylation is 1. The average molecular weight is 368 g/mol. The van der Waals surface area contributed by atoms with E-state index in [0.717, 1.165) is 24.8 Å². The fraction of sp³-hybridized carbons (Fsp3) is 0.529. The number of benzene rings is 1. The van der Waals surface area contributed by atoms with Crippen molar-refractivity contribution in [3.05, 3.63) is 29.8 Å². The van der Waals surface area contributed by atoms with Gasteiger partial charge >= 0.3 is 5.97 Å². The van der Waals surface area contributed by atoms with Crippen LogP contribution in [0, 0.1) is 12.3 Å². The molecule has 0 bridgehead atoms. The van der Waals surface area contributed by atoms with Crippen LogP contribution < -0.4 is 10.3 Å². The van der Waals surface area contributed by atoms with Crippen molar-refractivity contribution in [2.45, 2.75) is 56.8 Å². The second-order valence-corrected chi connectivity index (χ2v) is 8.46. The van der Waals surface area contributed by atoms with Crippen molar-refractivity contribution >= 4 is 21.9 Å². The highest BCUT2D eigenvalue weighted by molar-refractivity contribution is 7.89. The Kier molecular flexibility index (Phi) is 6.18. The highest BCUT2D eigenvalue weighted by Gasteiger charge is 2.36. The van der Waals surface area contributed by atoms with Crippen LogP contribution in [0.2, 0.25) is 0 Å². The zero-order chi connectivity index (χ0) is 18.5. The fourth-order valence-corrected chi connectivity index (χ4v) is 4.18. The number of carboxylic acids is 1. The maximum Gasteiger partial charge on any atom is 0.303 e. The van der Waals surface area contributed by atoms with Gasteiger partial charge < -0.3 is 5.11 Å². The van der Waals surface area contributed by atoms with Gasteiger partial charge in [-0.1, -0.05) is 37.0 Å². The molecule has 0 heterocycles. The molecule has 0 radical (unpaired) electrons. The minimum absolute atomic E-state index is 0.00425. The summed E-state index contributed by atoms with van der Waals surface area (Å²) in [5.74, 6) is -1.45. The number of carbonyl (C=O) groups is 2. The van der Waals surface area contributed by atoms with E-state index in [4.69, 9.17) is 5.11 Å². The average Bonchev–Trinajstić information content (AvgIpc) is 2.53. The summed E-state index contributed by atoms with van der Waals surface area (Å²) in [5.41, 5.74) is 2.54. The van der Waals surface area contributed by atoms with Crippen LogP contribution in [0.15, 0.2) is 29.2 Å². The Hall–Kier alpha value is -1.93. The van der Waals surface area contributed by atoms with Gasteiger partial charge in [-0.2, -0.15) is 0 Å². The number of sulfonamides is 1. The molecule has 1 saturated carbocycles. The molecule has 0 aromatic heterocycles. The summed E-state index contributed by atoms with van der Waals surface area (Å²) >= 11 is 0. The number of nitrogens with one attached hydrogen (secondary N) is 2. The number of aliphatic carboxylic acids is 1. The predicted molar refractivity (Wildman–Crippen MR) is 92.0 cm³/mol. The molecule has 1 amide bonds. The summed E-state index contributed by atoms with van der Waals surface area (Å²) in [6.07, 6.45) is 4.05. The number of hydrogen-bond donors (Lipinski definition) is 3. The van der Waals surface area contributed by atoms with Gasteiger partial charge in [0.25, 0.3) is 10.0 Å². The SMILES string of the molecule is Cc1ccc(S(=O)(=O)NNC(=O)CC2(CC(=O)O)CCCCC2)cc1. The molecule has 0 unspecified atom stereocenters. The van der Waals surface area contributed by atoms with E-state index in [2.05, 4.69) is 10.3 Å². The molecule has 1 aromatic rings. The molecule has 138 valence electrons. The Bertz CT molecular complexity index is 722. The molecule has 1 aliphatic carbocycles. The van der Waals surface area contributed by atoms with E-state index >= 15 is 0 Å². The highest BCUT2D eigenvalue weighted by atomic mass is 32.2. The first-order valence-corrected chi connectivity index (χ1v) is 9.80. The smallest absolute Gasteiger partial charge is 0.303 e. The second kappa shape index (κ2) is 7.97.